The van der Waals surface area contributed by atoms with Crippen molar-refractivity contribution in [2.75, 3.05) is 0 Å². The van der Waals surface area contributed by atoms with Gasteiger partial charge in [-0.2, -0.15) is 0 Å². The van der Waals surface area contributed by atoms with Crippen LogP contribution in [-0.2, 0) is 6.42 Å². The number of hydrogen-bond donors (Lipinski definition) is 0. The fraction of sp³-hybridized carbons (Fsp3) is 0.200. The summed E-state index contributed by atoms with van der Waals surface area (Å²) in [6.45, 7) is 3.66. The third-order valence-electron chi connectivity index (χ3n) is 4.75. The molecule has 1 atom stereocenters. The molecule has 0 heterocycles. The van der Waals surface area contributed by atoms with Crippen molar-refractivity contribution >= 4 is 11.6 Å². The number of hydrogen-bond acceptors (Lipinski definition) is 1. The molecule has 0 bridgehead atoms. The van der Waals surface area contributed by atoms with Crippen LogP contribution in [0.4, 0.5) is 13.2 Å². The van der Waals surface area contributed by atoms with Gasteiger partial charge in [0, 0.05) is 17.4 Å². The molecular weight excluding hydrogens is 409 g/mol. The van der Waals surface area contributed by atoms with Crippen LogP contribution in [0.25, 0.3) is 0 Å². The average molecular weight is 431 g/mol. The summed E-state index contributed by atoms with van der Waals surface area (Å²) in [5, 5.41) is 0.531. The largest absolute Gasteiger partial charge is 0.454 e. The van der Waals surface area contributed by atoms with Crippen LogP contribution in [0, 0.1) is 11.7 Å². The zero-order chi connectivity index (χ0) is 21.7. The number of para-hydroxylation sites is 1. The van der Waals surface area contributed by atoms with Gasteiger partial charge in [-0.3, -0.25) is 0 Å². The first-order valence-corrected chi connectivity index (χ1v) is 10.0. The first kappa shape index (κ1) is 22.0. The van der Waals surface area contributed by atoms with Gasteiger partial charge in [0.1, 0.15) is 17.4 Å². The van der Waals surface area contributed by atoms with E-state index in [1.807, 2.05) is 19.9 Å². The summed E-state index contributed by atoms with van der Waals surface area (Å²) >= 11 is 5.91. The molecule has 3 aromatic carbocycles. The molecule has 3 rings (SSSR count). The first-order valence-electron chi connectivity index (χ1n) is 9.66. The molecular formula is C25H22ClF3O. The van der Waals surface area contributed by atoms with E-state index in [0.717, 1.165) is 0 Å². The van der Waals surface area contributed by atoms with Crippen molar-refractivity contribution in [2.45, 2.75) is 26.2 Å². The van der Waals surface area contributed by atoms with Gasteiger partial charge in [0.15, 0.2) is 11.6 Å². The molecule has 0 saturated carbocycles. The Balaban J connectivity index is 1.85. The molecule has 0 aromatic heterocycles. The van der Waals surface area contributed by atoms with E-state index in [0.29, 0.717) is 21.9 Å². The lowest BCUT2D eigenvalue weighted by atomic mass is 9.86. The molecule has 156 valence electrons. The van der Waals surface area contributed by atoms with E-state index in [2.05, 4.69) is 0 Å². The van der Waals surface area contributed by atoms with Crippen LogP contribution >= 0.6 is 11.6 Å². The molecule has 30 heavy (non-hydrogen) atoms. The summed E-state index contributed by atoms with van der Waals surface area (Å²) in [6.07, 6.45) is -0.298. The van der Waals surface area contributed by atoms with Crippen molar-refractivity contribution in [3.05, 3.63) is 106 Å². The van der Waals surface area contributed by atoms with E-state index in [4.69, 9.17) is 16.3 Å². The molecule has 0 spiro atoms. The van der Waals surface area contributed by atoms with Crippen molar-refractivity contribution in [1.29, 1.82) is 0 Å². The summed E-state index contributed by atoms with van der Waals surface area (Å²) in [5.74, 6) is -2.77. The van der Waals surface area contributed by atoms with E-state index in [1.165, 1.54) is 18.2 Å². The summed E-state index contributed by atoms with van der Waals surface area (Å²) in [7, 11) is 0. The zero-order valence-electron chi connectivity index (χ0n) is 16.7. The number of benzene rings is 3. The van der Waals surface area contributed by atoms with E-state index < -0.39 is 23.4 Å². The highest BCUT2D eigenvalue weighted by Gasteiger charge is 2.25. The highest BCUT2D eigenvalue weighted by molar-refractivity contribution is 6.30. The number of rotatable bonds is 7. The summed E-state index contributed by atoms with van der Waals surface area (Å²) in [6, 6.07) is 19.4. The molecule has 1 unspecified atom stereocenters. The van der Waals surface area contributed by atoms with Gasteiger partial charge in [-0.15, -0.1) is 0 Å². The van der Waals surface area contributed by atoms with Crippen LogP contribution < -0.4 is 4.74 Å². The third kappa shape index (κ3) is 5.45. The van der Waals surface area contributed by atoms with Gasteiger partial charge in [-0.05, 0) is 53.4 Å². The highest BCUT2D eigenvalue weighted by atomic mass is 35.5. The molecule has 0 radical (unpaired) electrons. The molecule has 0 fully saturated rings. The second-order valence-electron chi connectivity index (χ2n) is 7.38. The topological polar surface area (TPSA) is 9.23 Å². The highest BCUT2D eigenvalue weighted by Crippen LogP contribution is 2.36. The minimum absolute atomic E-state index is 0.0370. The Labute approximate surface area is 179 Å². The Morgan fingerprint density at radius 1 is 0.933 bits per heavy atom. The second kappa shape index (κ2) is 9.86. The number of halogens is 4. The van der Waals surface area contributed by atoms with Crippen molar-refractivity contribution in [2.24, 2.45) is 5.92 Å². The smallest absolute Gasteiger partial charge is 0.165 e. The van der Waals surface area contributed by atoms with Crippen molar-refractivity contribution in [3.8, 4) is 11.5 Å². The predicted octanol–water partition coefficient (Wildman–Crippen LogP) is 8.40. The monoisotopic (exact) mass is 430 g/mol. The van der Waals surface area contributed by atoms with Crippen LogP contribution in [0.5, 0.6) is 11.5 Å². The molecule has 0 saturated heterocycles. The van der Waals surface area contributed by atoms with Gasteiger partial charge in [-0.1, -0.05) is 61.8 Å². The average Bonchev–Trinajstić information content (AvgIpc) is 2.72. The summed E-state index contributed by atoms with van der Waals surface area (Å²) in [4.78, 5) is 0. The minimum atomic E-state index is -0.888. The van der Waals surface area contributed by atoms with Crippen LogP contribution in [0.2, 0.25) is 5.02 Å². The molecule has 0 amide bonds. The van der Waals surface area contributed by atoms with Crippen molar-refractivity contribution < 1.29 is 17.9 Å². The Hall–Kier alpha value is -2.72. The Morgan fingerprint density at radius 3 is 2.23 bits per heavy atom. The quantitative estimate of drug-likeness (QED) is 0.365. The van der Waals surface area contributed by atoms with Crippen molar-refractivity contribution in [3.63, 3.8) is 0 Å². The molecule has 5 heteroatoms. The Morgan fingerprint density at radius 2 is 1.60 bits per heavy atom. The van der Waals surface area contributed by atoms with Gasteiger partial charge in [0.2, 0.25) is 0 Å². The molecule has 0 N–H and O–H groups in total. The molecule has 0 aliphatic rings. The maximum absolute atomic E-state index is 15.1. The number of ether oxygens (including phenoxy) is 1. The first-order chi connectivity index (χ1) is 14.3. The Kier molecular flexibility index (Phi) is 7.22. The fourth-order valence-corrected chi connectivity index (χ4v) is 3.40. The van der Waals surface area contributed by atoms with Crippen LogP contribution in [0.15, 0.2) is 84.5 Å². The third-order valence-corrected chi connectivity index (χ3v) is 5.01. The number of allylic oxidation sites excluding steroid dienone is 2. The maximum atomic E-state index is 15.1. The maximum Gasteiger partial charge on any atom is 0.165 e. The van der Waals surface area contributed by atoms with Gasteiger partial charge in [0.05, 0.1) is 0 Å². The SMILES string of the molecule is CC(C)C(/C(F)=C(\F)Cc1ccc(F)c(Oc2ccccc2)c1)c1ccc(Cl)cc1. The molecule has 3 aromatic rings. The molecule has 0 aliphatic heterocycles. The van der Waals surface area contributed by atoms with E-state index in [1.54, 1.807) is 48.5 Å². The Bertz CT molecular complexity index is 1010. The van der Waals surface area contributed by atoms with Crippen molar-refractivity contribution in [1.82, 2.24) is 0 Å². The molecule has 1 nitrogen and oxygen atoms in total. The van der Waals surface area contributed by atoms with Gasteiger partial charge < -0.3 is 4.74 Å². The van der Waals surface area contributed by atoms with Crippen LogP contribution in [-0.4, -0.2) is 0 Å². The van der Waals surface area contributed by atoms with Crippen LogP contribution in [0.1, 0.15) is 30.9 Å². The van der Waals surface area contributed by atoms with E-state index in [-0.39, 0.29) is 18.1 Å². The standard InChI is InChI=1S/C25H22ClF3O/c1-16(2)24(18-9-11-19(26)12-10-18)25(29)22(28)14-17-8-13-21(27)23(15-17)30-20-6-4-3-5-7-20/h3-13,15-16,24H,14H2,1-2H3/b25-22+. The van der Waals surface area contributed by atoms with Gasteiger partial charge in [-0.25, -0.2) is 13.2 Å². The van der Waals surface area contributed by atoms with E-state index in [9.17, 15) is 8.78 Å². The lowest BCUT2D eigenvalue weighted by molar-refractivity contribution is 0.414. The lowest BCUT2D eigenvalue weighted by Gasteiger charge is -2.20. The van der Waals surface area contributed by atoms with Crippen LogP contribution in [0.3, 0.4) is 0 Å². The normalized spacial score (nSPS) is 13.2. The summed E-state index contributed by atoms with van der Waals surface area (Å²) in [5.41, 5.74) is 1.06. The van der Waals surface area contributed by atoms with E-state index >= 15 is 4.39 Å². The summed E-state index contributed by atoms with van der Waals surface area (Å²) < 4.78 is 49.6. The lowest BCUT2D eigenvalue weighted by Crippen LogP contribution is -2.09. The minimum Gasteiger partial charge on any atom is -0.454 e. The van der Waals surface area contributed by atoms with Gasteiger partial charge >= 0.3 is 0 Å². The molecule has 0 aliphatic carbocycles. The second-order valence-corrected chi connectivity index (χ2v) is 7.82. The fourth-order valence-electron chi connectivity index (χ4n) is 3.28. The van der Waals surface area contributed by atoms with Gasteiger partial charge in [0.25, 0.3) is 0 Å². The predicted molar refractivity (Wildman–Crippen MR) is 115 cm³/mol. The zero-order valence-corrected chi connectivity index (χ0v) is 17.5.